The number of hydrogen-bond donors (Lipinski definition) is 0. The van der Waals surface area contributed by atoms with Crippen LogP contribution in [-0.2, 0) is 12.8 Å². The highest BCUT2D eigenvalue weighted by Gasteiger charge is 2.04. The molecular formula is C16H26. The number of hydrogen-bond acceptors (Lipinski definition) is 0. The Balaban J connectivity index is 2.63. The number of rotatable bonds is 6. The minimum Gasteiger partial charge on any atom is -0.0651 e. The molecule has 0 amide bonds. The van der Waals surface area contributed by atoms with Crippen LogP contribution in [0.25, 0.3) is 0 Å². The van der Waals surface area contributed by atoms with Crippen LogP contribution in [0.2, 0.25) is 0 Å². The predicted octanol–water partition coefficient (Wildman–Crippen LogP) is 4.86. The summed E-state index contributed by atoms with van der Waals surface area (Å²) in [6, 6.07) is 9.16. The highest BCUT2D eigenvalue weighted by atomic mass is 14.1. The zero-order chi connectivity index (χ0) is 12.0. The molecule has 0 aliphatic heterocycles. The molecule has 0 saturated heterocycles. The van der Waals surface area contributed by atoms with Gasteiger partial charge in [0, 0.05) is 0 Å². The molecule has 0 fully saturated rings. The second-order valence-corrected chi connectivity index (χ2v) is 5.26. The van der Waals surface area contributed by atoms with Crippen LogP contribution in [0.4, 0.5) is 0 Å². The van der Waals surface area contributed by atoms with Crippen molar-refractivity contribution in [2.45, 2.75) is 53.4 Å². The van der Waals surface area contributed by atoms with Gasteiger partial charge in [-0.2, -0.15) is 0 Å². The first-order valence-corrected chi connectivity index (χ1v) is 6.73. The van der Waals surface area contributed by atoms with Gasteiger partial charge in [0.2, 0.25) is 0 Å². The van der Waals surface area contributed by atoms with Crippen LogP contribution in [-0.4, -0.2) is 0 Å². The van der Waals surface area contributed by atoms with Gasteiger partial charge in [0.25, 0.3) is 0 Å². The predicted molar refractivity (Wildman–Crippen MR) is 72.8 cm³/mol. The van der Waals surface area contributed by atoms with Crippen LogP contribution < -0.4 is 0 Å². The van der Waals surface area contributed by atoms with Gasteiger partial charge < -0.3 is 0 Å². The summed E-state index contributed by atoms with van der Waals surface area (Å²) in [5.74, 6) is 1.61. The van der Waals surface area contributed by atoms with Crippen molar-refractivity contribution in [2.24, 2.45) is 11.8 Å². The van der Waals surface area contributed by atoms with Crippen molar-refractivity contribution >= 4 is 0 Å². The molecule has 1 aromatic carbocycles. The molecule has 0 N–H and O–H groups in total. The minimum absolute atomic E-state index is 0.804. The minimum atomic E-state index is 0.804. The van der Waals surface area contributed by atoms with Gasteiger partial charge in [-0.25, -0.2) is 0 Å². The molecule has 0 nitrogen and oxygen atoms in total. The van der Waals surface area contributed by atoms with Crippen molar-refractivity contribution in [3.8, 4) is 0 Å². The Hall–Kier alpha value is -0.780. The van der Waals surface area contributed by atoms with E-state index in [4.69, 9.17) is 0 Å². The molecular weight excluding hydrogens is 192 g/mol. The van der Waals surface area contributed by atoms with Crippen LogP contribution in [0.5, 0.6) is 0 Å². The zero-order valence-corrected chi connectivity index (χ0v) is 11.3. The summed E-state index contributed by atoms with van der Waals surface area (Å²) in [6.45, 7) is 9.21. The molecule has 90 valence electrons. The van der Waals surface area contributed by atoms with Crippen molar-refractivity contribution in [3.63, 3.8) is 0 Å². The second-order valence-electron chi connectivity index (χ2n) is 5.26. The Morgan fingerprint density at radius 3 is 1.69 bits per heavy atom. The maximum atomic E-state index is 2.40. The first-order valence-electron chi connectivity index (χ1n) is 6.73. The third kappa shape index (κ3) is 4.38. The molecule has 0 bridgehead atoms. The molecule has 0 spiro atoms. The van der Waals surface area contributed by atoms with Gasteiger partial charge >= 0.3 is 0 Å². The largest absolute Gasteiger partial charge is 0.0651 e. The lowest BCUT2D eigenvalue weighted by atomic mass is 9.94. The lowest BCUT2D eigenvalue weighted by molar-refractivity contribution is 0.552. The molecule has 0 saturated carbocycles. The van der Waals surface area contributed by atoms with E-state index in [1.165, 1.54) is 36.8 Å². The Labute approximate surface area is 101 Å². The van der Waals surface area contributed by atoms with E-state index in [1.54, 1.807) is 0 Å². The average Bonchev–Trinajstić information content (AvgIpc) is 2.29. The molecule has 0 heterocycles. The van der Waals surface area contributed by atoms with Gasteiger partial charge in [0.1, 0.15) is 0 Å². The molecule has 0 aliphatic rings. The third-order valence-corrected chi connectivity index (χ3v) is 3.55. The Bertz CT molecular complexity index is 273. The SMILES string of the molecule is CC[C@H](C)Cc1cccc(C[C@@H](C)CC)c1. The summed E-state index contributed by atoms with van der Waals surface area (Å²) < 4.78 is 0. The standard InChI is InChI=1S/C16H26/c1-5-13(3)10-15-8-7-9-16(12-15)11-14(4)6-2/h7-9,12-14H,5-6,10-11H2,1-4H3/t13-,14-/m0/s1. The van der Waals surface area contributed by atoms with Gasteiger partial charge in [0.05, 0.1) is 0 Å². The smallest absolute Gasteiger partial charge is 0.0253 e. The summed E-state index contributed by atoms with van der Waals surface area (Å²) in [5.41, 5.74) is 3.02. The fraction of sp³-hybridized carbons (Fsp3) is 0.625. The molecule has 0 unspecified atom stereocenters. The molecule has 0 aromatic heterocycles. The van der Waals surface area contributed by atoms with Gasteiger partial charge in [0.15, 0.2) is 0 Å². The van der Waals surface area contributed by atoms with Crippen LogP contribution >= 0.6 is 0 Å². The van der Waals surface area contributed by atoms with Crippen molar-refractivity contribution in [3.05, 3.63) is 35.4 Å². The van der Waals surface area contributed by atoms with Crippen molar-refractivity contribution in [2.75, 3.05) is 0 Å². The summed E-state index contributed by atoms with van der Waals surface area (Å²) in [4.78, 5) is 0. The van der Waals surface area contributed by atoms with E-state index in [0.29, 0.717) is 0 Å². The van der Waals surface area contributed by atoms with Crippen LogP contribution in [0.15, 0.2) is 24.3 Å². The maximum absolute atomic E-state index is 2.40. The zero-order valence-electron chi connectivity index (χ0n) is 11.3. The van der Waals surface area contributed by atoms with Gasteiger partial charge in [-0.1, -0.05) is 64.8 Å². The molecule has 1 rings (SSSR count). The summed E-state index contributed by atoms with van der Waals surface area (Å²) >= 11 is 0. The lowest BCUT2D eigenvalue weighted by Crippen LogP contribution is -2.01. The molecule has 1 aromatic rings. The van der Waals surface area contributed by atoms with Crippen molar-refractivity contribution in [1.29, 1.82) is 0 Å². The molecule has 0 aliphatic carbocycles. The van der Waals surface area contributed by atoms with Crippen molar-refractivity contribution in [1.82, 2.24) is 0 Å². The summed E-state index contributed by atoms with van der Waals surface area (Å²) in [5, 5.41) is 0. The Morgan fingerprint density at radius 1 is 0.875 bits per heavy atom. The van der Waals surface area contributed by atoms with E-state index in [-0.39, 0.29) is 0 Å². The molecule has 16 heavy (non-hydrogen) atoms. The lowest BCUT2D eigenvalue weighted by Gasteiger charge is -2.12. The van der Waals surface area contributed by atoms with E-state index >= 15 is 0 Å². The van der Waals surface area contributed by atoms with E-state index in [2.05, 4.69) is 52.0 Å². The fourth-order valence-electron chi connectivity index (χ4n) is 1.98. The maximum Gasteiger partial charge on any atom is -0.0253 e. The Morgan fingerprint density at radius 2 is 1.31 bits per heavy atom. The average molecular weight is 218 g/mol. The van der Waals surface area contributed by atoms with Crippen molar-refractivity contribution < 1.29 is 0 Å². The molecule has 0 heteroatoms. The van der Waals surface area contributed by atoms with Gasteiger partial charge in [-0.3, -0.25) is 0 Å². The fourth-order valence-corrected chi connectivity index (χ4v) is 1.98. The highest BCUT2D eigenvalue weighted by molar-refractivity contribution is 5.24. The molecule has 0 radical (unpaired) electrons. The number of benzene rings is 1. The normalized spacial score (nSPS) is 14.8. The van der Waals surface area contributed by atoms with E-state index in [1.807, 2.05) is 0 Å². The topological polar surface area (TPSA) is 0 Å². The quantitative estimate of drug-likeness (QED) is 0.639. The monoisotopic (exact) mass is 218 g/mol. The van der Waals surface area contributed by atoms with E-state index in [0.717, 1.165) is 11.8 Å². The molecule has 2 atom stereocenters. The van der Waals surface area contributed by atoms with Crippen LogP contribution in [0.3, 0.4) is 0 Å². The third-order valence-electron chi connectivity index (χ3n) is 3.55. The van der Waals surface area contributed by atoms with E-state index < -0.39 is 0 Å². The second kappa shape index (κ2) is 6.73. The Kier molecular flexibility index (Phi) is 5.59. The first kappa shape index (κ1) is 13.3. The van der Waals surface area contributed by atoms with E-state index in [9.17, 15) is 0 Å². The first-order chi connectivity index (χ1) is 7.65. The highest BCUT2D eigenvalue weighted by Crippen LogP contribution is 2.16. The van der Waals surface area contributed by atoms with Gasteiger partial charge in [-0.05, 0) is 35.8 Å². The van der Waals surface area contributed by atoms with Crippen LogP contribution in [0, 0.1) is 11.8 Å². The van der Waals surface area contributed by atoms with Crippen LogP contribution in [0.1, 0.15) is 51.7 Å². The summed E-state index contributed by atoms with van der Waals surface area (Å²) in [6.07, 6.45) is 5.00. The summed E-state index contributed by atoms with van der Waals surface area (Å²) in [7, 11) is 0. The van der Waals surface area contributed by atoms with Gasteiger partial charge in [-0.15, -0.1) is 0 Å².